The van der Waals surface area contributed by atoms with Crippen molar-refractivity contribution in [1.82, 2.24) is 5.32 Å². The second kappa shape index (κ2) is 5.83. The predicted molar refractivity (Wildman–Crippen MR) is 83.7 cm³/mol. The lowest BCUT2D eigenvalue weighted by molar-refractivity contribution is -0.138. The largest absolute Gasteiger partial charge is 0.462 e. The third-order valence-electron chi connectivity index (χ3n) is 3.53. The smallest absolute Gasteiger partial charge is 0.337 e. The van der Waals surface area contributed by atoms with E-state index in [2.05, 4.69) is 35.6 Å². The van der Waals surface area contributed by atoms with Crippen LogP contribution in [0, 0.1) is 0 Å². The second-order valence-electron chi connectivity index (χ2n) is 4.93. The second-order valence-corrected chi connectivity index (χ2v) is 4.93. The Balaban J connectivity index is 1.91. The number of dihydropyridines is 1. The van der Waals surface area contributed by atoms with Crippen LogP contribution < -0.4 is 5.32 Å². The standard InChI is InChI=1S/C18H17NO2/c1-2-21-18(20)16-9-10-19-17(12-16)15-8-7-13-5-3-4-6-14(13)11-15/h3-12,17,19H,2H2,1H3. The SMILES string of the molecule is CCOC(=O)C1=CC(c2ccc3ccccc3c2)NC=C1. The first-order chi connectivity index (χ1) is 10.3. The topological polar surface area (TPSA) is 38.3 Å². The molecule has 1 aliphatic rings. The molecule has 0 bridgehead atoms. The molecule has 21 heavy (non-hydrogen) atoms. The fraction of sp³-hybridized carbons (Fsp3) is 0.167. The van der Waals surface area contributed by atoms with Crippen molar-refractivity contribution in [3.05, 3.63) is 72.0 Å². The summed E-state index contributed by atoms with van der Waals surface area (Å²) in [5.41, 5.74) is 1.72. The van der Waals surface area contributed by atoms with Gasteiger partial charge in [0.15, 0.2) is 0 Å². The third kappa shape index (κ3) is 2.82. The number of carbonyl (C=O) groups excluding carboxylic acids is 1. The van der Waals surface area contributed by atoms with E-state index in [-0.39, 0.29) is 12.0 Å². The molecule has 0 saturated carbocycles. The number of rotatable bonds is 3. The molecule has 0 spiro atoms. The van der Waals surface area contributed by atoms with E-state index in [1.807, 2.05) is 25.1 Å². The highest BCUT2D eigenvalue weighted by atomic mass is 16.5. The molecular formula is C18H17NO2. The number of hydrogen-bond acceptors (Lipinski definition) is 3. The van der Waals surface area contributed by atoms with Gasteiger partial charge in [-0.05, 0) is 47.7 Å². The summed E-state index contributed by atoms with van der Waals surface area (Å²) in [4.78, 5) is 11.8. The Labute approximate surface area is 123 Å². The third-order valence-corrected chi connectivity index (χ3v) is 3.53. The molecule has 3 nitrogen and oxygen atoms in total. The molecule has 1 N–H and O–H groups in total. The minimum atomic E-state index is -0.277. The van der Waals surface area contributed by atoms with Gasteiger partial charge < -0.3 is 10.1 Å². The fourth-order valence-electron chi connectivity index (χ4n) is 2.47. The maximum Gasteiger partial charge on any atom is 0.337 e. The van der Waals surface area contributed by atoms with Gasteiger partial charge in [-0.1, -0.05) is 36.4 Å². The highest BCUT2D eigenvalue weighted by Crippen LogP contribution is 2.24. The van der Waals surface area contributed by atoms with E-state index in [1.165, 1.54) is 10.8 Å². The van der Waals surface area contributed by atoms with Crippen molar-refractivity contribution in [3.8, 4) is 0 Å². The van der Waals surface area contributed by atoms with Gasteiger partial charge in [-0.25, -0.2) is 4.79 Å². The summed E-state index contributed by atoms with van der Waals surface area (Å²) in [6.45, 7) is 2.20. The molecule has 0 fully saturated rings. The first kappa shape index (κ1) is 13.4. The molecule has 3 heteroatoms. The normalized spacial score (nSPS) is 17.2. The van der Waals surface area contributed by atoms with Crippen molar-refractivity contribution in [1.29, 1.82) is 0 Å². The van der Waals surface area contributed by atoms with E-state index < -0.39 is 0 Å². The fourth-order valence-corrected chi connectivity index (χ4v) is 2.47. The quantitative estimate of drug-likeness (QED) is 0.874. The van der Waals surface area contributed by atoms with Crippen molar-refractivity contribution in [2.24, 2.45) is 0 Å². The van der Waals surface area contributed by atoms with Gasteiger partial charge in [0, 0.05) is 0 Å². The summed E-state index contributed by atoms with van der Waals surface area (Å²) in [5, 5.41) is 5.66. The van der Waals surface area contributed by atoms with Crippen molar-refractivity contribution in [2.45, 2.75) is 13.0 Å². The van der Waals surface area contributed by atoms with Crippen LogP contribution in [0.25, 0.3) is 10.8 Å². The van der Waals surface area contributed by atoms with Crippen LogP contribution in [-0.4, -0.2) is 12.6 Å². The Bertz CT molecular complexity index is 731. The zero-order chi connectivity index (χ0) is 14.7. The molecule has 1 aliphatic heterocycles. The molecule has 0 aliphatic carbocycles. The van der Waals surface area contributed by atoms with Crippen LogP contribution in [0.15, 0.2) is 66.4 Å². The summed E-state index contributed by atoms with van der Waals surface area (Å²) in [6.07, 6.45) is 5.45. The lowest BCUT2D eigenvalue weighted by atomic mass is 9.98. The van der Waals surface area contributed by atoms with Crippen LogP contribution in [0.5, 0.6) is 0 Å². The molecule has 106 valence electrons. The van der Waals surface area contributed by atoms with Crippen molar-refractivity contribution >= 4 is 16.7 Å². The molecule has 2 aromatic carbocycles. The molecule has 1 atom stereocenters. The number of esters is 1. The number of nitrogens with one attached hydrogen (secondary N) is 1. The van der Waals surface area contributed by atoms with Gasteiger partial charge in [0.1, 0.15) is 0 Å². The van der Waals surface area contributed by atoms with E-state index in [1.54, 1.807) is 12.3 Å². The molecule has 0 amide bonds. The zero-order valence-corrected chi connectivity index (χ0v) is 11.9. The number of fused-ring (bicyclic) bond motifs is 1. The minimum absolute atomic E-state index is 0.0148. The van der Waals surface area contributed by atoms with E-state index >= 15 is 0 Å². The maximum absolute atomic E-state index is 11.8. The molecule has 1 unspecified atom stereocenters. The average molecular weight is 279 g/mol. The number of benzene rings is 2. The Kier molecular flexibility index (Phi) is 3.73. The zero-order valence-electron chi connectivity index (χ0n) is 11.9. The molecule has 0 aromatic heterocycles. The van der Waals surface area contributed by atoms with Gasteiger partial charge in [0.25, 0.3) is 0 Å². The maximum atomic E-state index is 11.8. The van der Waals surface area contributed by atoms with Gasteiger partial charge >= 0.3 is 5.97 Å². The van der Waals surface area contributed by atoms with Gasteiger partial charge in [-0.15, -0.1) is 0 Å². The van der Waals surface area contributed by atoms with Crippen LogP contribution in [0.3, 0.4) is 0 Å². The van der Waals surface area contributed by atoms with Crippen molar-refractivity contribution < 1.29 is 9.53 Å². The van der Waals surface area contributed by atoms with Gasteiger partial charge in [0.2, 0.25) is 0 Å². The Morgan fingerprint density at radius 1 is 1.19 bits per heavy atom. The summed E-state index contributed by atoms with van der Waals surface area (Å²) < 4.78 is 5.05. The summed E-state index contributed by atoms with van der Waals surface area (Å²) in [5.74, 6) is -0.277. The lowest BCUT2D eigenvalue weighted by Crippen LogP contribution is -2.19. The van der Waals surface area contributed by atoms with Crippen LogP contribution >= 0.6 is 0 Å². The van der Waals surface area contributed by atoms with E-state index in [9.17, 15) is 4.79 Å². The predicted octanol–water partition coefficient (Wildman–Crippen LogP) is 3.49. The summed E-state index contributed by atoms with van der Waals surface area (Å²) in [7, 11) is 0. The number of hydrogen-bond donors (Lipinski definition) is 1. The molecule has 0 radical (unpaired) electrons. The van der Waals surface area contributed by atoms with Gasteiger partial charge in [-0.2, -0.15) is 0 Å². The van der Waals surface area contributed by atoms with Gasteiger partial charge in [-0.3, -0.25) is 0 Å². The Morgan fingerprint density at radius 3 is 2.81 bits per heavy atom. The average Bonchev–Trinajstić information content (AvgIpc) is 2.55. The van der Waals surface area contributed by atoms with Crippen LogP contribution in [0.4, 0.5) is 0 Å². The van der Waals surface area contributed by atoms with Gasteiger partial charge in [0.05, 0.1) is 18.2 Å². The highest BCUT2D eigenvalue weighted by molar-refractivity contribution is 5.92. The van der Waals surface area contributed by atoms with E-state index in [4.69, 9.17) is 4.74 Å². The minimum Gasteiger partial charge on any atom is -0.462 e. The van der Waals surface area contributed by atoms with Crippen molar-refractivity contribution in [2.75, 3.05) is 6.61 Å². The van der Waals surface area contributed by atoms with Crippen LogP contribution in [-0.2, 0) is 9.53 Å². The van der Waals surface area contributed by atoms with E-state index in [0.29, 0.717) is 12.2 Å². The van der Waals surface area contributed by atoms with Crippen molar-refractivity contribution in [3.63, 3.8) is 0 Å². The number of ether oxygens (including phenoxy) is 1. The Hall–Kier alpha value is -2.55. The molecule has 2 aromatic rings. The first-order valence-corrected chi connectivity index (χ1v) is 7.08. The molecule has 0 saturated heterocycles. The highest BCUT2D eigenvalue weighted by Gasteiger charge is 2.16. The van der Waals surface area contributed by atoms with Crippen LogP contribution in [0.1, 0.15) is 18.5 Å². The van der Waals surface area contributed by atoms with E-state index in [0.717, 1.165) is 5.56 Å². The Morgan fingerprint density at radius 2 is 2.00 bits per heavy atom. The monoisotopic (exact) mass is 279 g/mol. The summed E-state index contributed by atoms with van der Waals surface area (Å²) in [6, 6.07) is 14.6. The summed E-state index contributed by atoms with van der Waals surface area (Å²) >= 11 is 0. The lowest BCUT2D eigenvalue weighted by Gasteiger charge is -2.19. The first-order valence-electron chi connectivity index (χ1n) is 7.08. The molecule has 1 heterocycles. The molecule has 3 rings (SSSR count). The van der Waals surface area contributed by atoms with Crippen LogP contribution in [0.2, 0.25) is 0 Å². The number of carbonyl (C=O) groups is 1. The molecular weight excluding hydrogens is 262 g/mol.